The van der Waals surface area contributed by atoms with Crippen LogP contribution in [0.15, 0.2) is 36.7 Å². The Bertz CT molecular complexity index is 465. The highest BCUT2D eigenvalue weighted by atomic mass is 15.0. The quantitative estimate of drug-likeness (QED) is 0.820. The molecule has 0 bridgehead atoms. The Labute approximate surface area is 94.5 Å². The van der Waals surface area contributed by atoms with Crippen molar-refractivity contribution in [2.45, 2.75) is 13.5 Å². The number of aryl methyl sites for hydroxylation is 1. The lowest BCUT2D eigenvalue weighted by molar-refractivity contribution is 1.09. The molecule has 4 heteroatoms. The predicted molar refractivity (Wildman–Crippen MR) is 65.0 cm³/mol. The molecule has 0 spiro atoms. The number of hydrogen-bond donors (Lipinski definition) is 2. The topological polar surface area (TPSA) is 63.8 Å². The van der Waals surface area contributed by atoms with Crippen molar-refractivity contribution in [2.75, 3.05) is 11.1 Å². The summed E-state index contributed by atoms with van der Waals surface area (Å²) in [5.41, 5.74) is 7.99. The van der Waals surface area contributed by atoms with Gasteiger partial charge in [-0.15, -0.1) is 0 Å². The molecule has 0 saturated carbocycles. The Morgan fingerprint density at radius 3 is 2.62 bits per heavy atom. The maximum atomic E-state index is 5.53. The number of nitrogens with two attached hydrogens (primary N) is 1. The van der Waals surface area contributed by atoms with E-state index in [-0.39, 0.29) is 0 Å². The second-order valence-electron chi connectivity index (χ2n) is 3.67. The van der Waals surface area contributed by atoms with Crippen LogP contribution in [0.2, 0.25) is 0 Å². The van der Waals surface area contributed by atoms with Crippen molar-refractivity contribution in [1.82, 2.24) is 9.97 Å². The molecule has 16 heavy (non-hydrogen) atoms. The Kier molecular flexibility index (Phi) is 3.00. The van der Waals surface area contributed by atoms with Crippen LogP contribution in [0.4, 0.5) is 11.6 Å². The van der Waals surface area contributed by atoms with Crippen LogP contribution in [0.3, 0.4) is 0 Å². The van der Waals surface area contributed by atoms with Crippen molar-refractivity contribution in [3.63, 3.8) is 0 Å². The largest absolute Gasteiger partial charge is 0.382 e. The second-order valence-corrected chi connectivity index (χ2v) is 3.67. The normalized spacial score (nSPS) is 10.1. The first kappa shape index (κ1) is 10.4. The van der Waals surface area contributed by atoms with E-state index in [2.05, 4.69) is 46.5 Å². The number of hydrogen-bond acceptors (Lipinski definition) is 4. The molecule has 0 unspecified atom stereocenters. The van der Waals surface area contributed by atoms with Gasteiger partial charge >= 0.3 is 0 Å². The molecule has 0 amide bonds. The highest BCUT2D eigenvalue weighted by Crippen LogP contribution is 2.07. The molecule has 0 fully saturated rings. The molecule has 2 rings (SSSR count). The molecule has 0 radical (unpaired) electrons. The van der Waals surface area contributed by atoms with Crippen molar-refractivity contribution in [1.29, 1.82) is 0 Å². The summed E-state index contributed by atoms with van der Waals surface area (Å²) in [7, 11) is 0. The number of nitrogen functional groups attached to an aromatic ring is 1. The van der Waals surface area contributed by atoms with Gasteiger partial charge in [0.05, 0.1) is 12.4 Å². The Balaban J connectivity index is 1.99. The zero-order chi connectivity index (χ0) is 11.4. The fourth-order valence-corrected chi connectivity index (χ4v) is 1.36. The summed E-state index contributed by atoms with van der Waals surface area (Å²) in [5.74, 6) is 1.12. The minimum Gasteiger partial charge on any atom is -0.382 e. The summed E-state index contributed by atoms with van der Waals surface area (Å²) >= 11 is 0. The van der Waals surface area contributed by atoms with Gasteiger partial charge < -0.3 is 11.1 Å². The van der Waals surface area contributed by atoms with Crippen LogP contribution < -0.4 is 11.1 Å². The summed E-state index contributed by atoms with van der Waals surface area (Å²) < 4.78 is 0. The molecule has 0 atom stereocenters. The summed E-state index contributed by atoms with van der Waals surface area (Å²) in [6, 6.07) is 8.34. The fraction of sp³-hybridized carbons (Fsp3) is 0.167. The highest BCUT2D eigenvalue weighted by molar-refractivity contribution is 5.39. The van der Waals surface area contributed by atoms with E-state index in [0.29, 0.717) is 11.6 Å². The summed E-state index contributed by atoms with van der Waals surface area (Å²) in [5, 5.41) is 3.17. The molecule has 1 heterocycles. The van der Waals surface area contributed by atoms with Crippen molar-refractivity contribution in [3.8, 4) is 0 Å². The van der Waals surface area contributed by atoms with Gasteiger partial charge in [0.25, 0.3) is 0 Å². The molecule has 1 aromatic heterocycles. The minimum absolute atomic E-state index is 0.425. The summed E-state index contributed by atoms with van der Waals surface area (Å²) in [4.78, 5) is 8.07. The average molecular weight is 214 g/mol. The molecular formula is C12H14N4. The van der Waals surface area contributed by atoms with Crippen LogP contribution in [-0.4, -0.2) is 9.97 Å². The number of anilines is 2. The fourth-order valence-electron chi connectivity index (χ4n) is 1.36. The molecule has 0 aliphatic rings. The maximum absolute atomic E-state index is 5.53. The van der Waals surface area contributed by atoms with Crippen molar-refractivity contribution in [2.24, 2.45) is 0 Å². The van der Waals surface area contributed by atoms with Crippen molar-refractivity contribution < 1.29 is 0 Å². The lowest BCUT2D eigenvalue weighted by Gasteiger charge is -2.05. The van der Waals surface area contributed by atoms with Crippen molar-refractivity contribution >= 4 is 11.6 Å². The number of rotatable bonds is 3. The van der Waals surface area contributed by atoms with E-state index in [1.165, 1.54) is 17.3 Å². The van der Waals surface area contributed by atoms with Crippen molar-refractivity contribution in [3.05, 3.63) is 47.8 Å². The Morgan fingerprint density at radius 1 is 1.19 bits per heavy atom. The molecule has 0 aliphatic carbocycles. The first-order valence-corrected chi connectivity index (χ1v) is 5.11. The monoisotopic (exact) mass is 214 g/mol. The summed E-state index contributed by atoms with van der Waals surface area (Å²) in [6.07, 6.45) is 3.18. The van der Waals surface area contributed by atoms with E-state index in [1.54, 1.807) is 6.20 Å². The van der Waals surface area contributed by atoms with E-state index in [1.807, 2.05) is 0 Å². The van der Waals surface area contributed by atoms with E-state index in [4.69, 9.17) is 5.73 Å². The van der Waals surface area contributed by atoms with Gasteiger partial charge in [0, 0.05) is 6.54 Å². The Hall–Kier alpha value is -2.10. The zero-order valence-corrected chi connectivity index (χ0v) is 9.14. The lowest BCUT2D eigenvalue weighted by atomic mass is 10.1. The molecule has 4 nitrogen and oxygen atoms in total. The molecular weight excluding hydrogens is 200 g/mol. The van der Waals surface area contributed by atoms with Crippen LogP contribution in [-0.2, 0) is 6.54 Å². The van der Waals surface area contributed by atoms with Gasteiger partial charge in [-0.05, 0) is 12.5 Å². The average Bonchev–Trinajstić information content (AvgIpc) is 2.28. The van der Waals surface area contributed by atoms with Gasteiger partial charge in [-0.1, -0.05) is 29.8 Å². The van der Waals surface area contributed by atoms with Gasteiger partial charge in [-0.25, -0.2) is 4.98 Å². The van der Waals surface area contributed by atoms with E-state index < -0.39 is 0 Å². The van der Waals surface area contributed by atoms with Crippen LogP contribution in [0.25, 0.3) is 0 Å². The van der Waals surface area contributed by atoms with E-state index in [0.717, 1.165) is 6.54 Å². The molecule has 2 aromatic rings. The Morgan fingerprint density at radius 2 is 1.94 bits per heavy atom. The minimum atomic E-state index is 0.425. The van der Waals surface area contributed by atoms with Crippen LogP contribution in [0.1, 0.15) is 11.1 Å². The summed E-state index contributed by atoms with van der Waals surface area (Å²) in [6.45, 7) is 2.79. The standard InChI is InChI=1S/C12H14N4/c1-9-2-4-10(5-3-9)6-15-12-8-14-7-11(13)16-12/h2-5,7-8H,6H2,1H3,(H3,13,15,16). The third-order valence-corrected chi connectivity index (χ3v) is 2.25. The van der Waals surface area contributed by atoms with Gasteiger partial charge in [0.1, 0.15) is 11.6 Å². The van der Waals surface area contributed by atoms with Gasteiger partial charge in [-0.3, -0.25) is 4.98 Å². The first-order valence-electron chi connectivity index (χ1n) is 5.11. The van der Waals surface area contributed by atoms with Crippen LogP contribution in [0, 0.1) is 6.92 Å². The molecule has 82 valence electrons. The number of nitrogens with zero attached hydrogens (tertiary/aromatic N) is 2. The number of benzene rings is 1. The molecule has 0 aliphatic heterocycles. The van der Waals surface area contributed by atoms with Crippen LogP contribution in [0.5, 0.6) is 0 Å². The molecule has 0 saturated heterocycles. The smallest absolute Gasteiger partial charge is 0.147 e. The second kappa shape index (κ2) is 4.61. The number of nitrogens with one attached hydrogen (secondary N) is 1. The third-order valence-electron chi connectivity index (χ3n) is 2.25. The highest BCUT2D eigenvalue weighted by Gasteiger charge is 1.96. The van der Waals surface area contributed by atoms with Gasteiger partial charge in [0.15, 0.2) is 0 Å². The maximum Gasteiger partial charge on any atom is 0.147 e. The zero-order valence-electron chi connectivity index (χ0n) is 9.14. The third kappa shape index (κ3) is 2.70. The predicted octanol–water partition coefficient (Wildman–Crippen LogP) is 1.98. The first-order chi connectivity index (χ1) is 7.74. The SMILES string of the molecule is Cc1ccc(CNc2cncc(N)n2)cc1. The molecule has 3 N–H and O–H groups in total. The molecule has 1 aromatic carbocycles. The van der Waals surface area contributed by atoms with Gasteiger partial charge in [-0.2, -0.15) is 0 Å². The number of aromatic nitrogens is 2. The lowest BCUT2D eigenvalue weighted by Crippen LogP contribution is -2.03. The van der Waals surface area contributed by atoms with Crippen LogP contribution >= 0.6 is 0 Å². The van der Waals surface area contributed by atoms with E-state index >= 15 is 0 Å². The van der Waals surface area contributed by atoms with Gasteiger partial charge in [0.2, 0.25) is 0 Å². The van der Waals surface area contributed by atoms with E-state index in [9.17, 15) is 0 Å².